The number of ether oxygens (including phenoxy) is 1. The Morgan fingerprint density at radius 3 is 2.31 bits per heavy atom. The minimum absolute atomic E-state index is 0.535. The highest BCUT2D eigenvalue weighted by atomic mass is 16.5. The van der Waals surface area contributed by atoms with Gasteiger partial charge in [-0.3, -0.25) is 0 Å². The lowest BCUT2D eigenvalue weighted by molar-refractivity contribution is 0.00789. The molecule has 0 amide bonds. The second-order valence-electron chi connectivity index (χ2n) is 5.56. The van der Waals surface area contributed by atoms with Crippen LogP contribution in [0.4, 0.5) is 0 Å². The monoisotopic (exact) mass is 226 g/mol. The van der Waals surface area contributed by atoms with Crippen LogP contribution < -0.4 is 5.43 Å². The van der Waals surface area contributed by atoms with Crippen molar-refractivity contribution in [2.24, 2.45) is 5.92 Å². The summed E-state index contributed by atoms with van der Waals surface area (Å²) < 4.78 is 5.33. The van der Waals surface area contributed by atoms with Gasteiger partial charge in [0, 0.05) is 25.2 Å². The van der Waals surface area contributed by atoms with E-state index in [1.165, 1.54) is 32.1 Å². The summed E-state index contributed by atoms with van der Waals surface area (Å²) in [6.45, 7) is 5.51. The van der Waals surface area contributed by atoms with Crippen molar-refractivity contribution in [2.75, 3.05) is 13.7 Å². The lowest BCUT2D eigenvalue weighted by Crippen LogP contribution is -2.57. The second kappa shape index (κ2) is 5.48. The third-order valence-corrected chi connectivity index (χ3v) is 4.05. The highest BCUT2D eigenvalue weighted by molar-refractivity contribution is 4.88. The molecule has 16 heavy (non-hydrogen) atoms. The first-order valence-electron chi connectivity index (χ1n) is 6.75. The summed E-state index contributed by atoms with van der Waals surface area (Å²) >= 11 is 0. The van der Waals surface area contributed by atoms with Gasteiger partial charge in [-0.15, -0.1) is 0 Å². The van der Waals surface area contributed by atoms with Gasteiger partial charge in [-0.1, -0.05) is 6.42 Å². The number of hydrogen-bond acceptors (Lipinski definition) is 3. The van der Waals surface area contributed by atoms with Crippen LogP contribution in [0.5, 0.6) is 0 Å². The van der Waals surface area contributed by atoms with Gasteiger partial charge in [0.1, 0.15) is 0 Å². The second-order valence-corrected chi connectivity index (χ2v) is 5.56. The molecule has 0 aromatic rings. The first-order chi connectivity index (χ1) is 7.72. The van der Waals surface area contributed by atoms with Crippen LogP contribution in [-0.2, 0) is 4.74 Å². The van der Waals surface area contributed by atoms with E-state index in [4.69, 9.17) is 4.74 Å². The van der Waals surface area contributed by atoms with Crippen LogP contribution in [0.3, 0.4) is 0 Å². The number of hydrazine groups is 1. The number of rotatable bonds is 5. The molecule has 1 aliphatic carbocycles. The Hall–Kier alpha value is -0.120. The maximum absolute atomic E-state index is 5.33. The van der Waals surface area contributed by atoms with E-state index in [0.29, 0.717) is 18.1 Å². The molecule has 0 radical (unpaired) electrons. The molecule has 1 aliphatic heterocycles. The zero-order valence-corrected chi connectivity index (χ0v) is 10.9. The maximum Gasteiger partial charge on any atom is 0.0632 e. The zero-order valence-electron chi connectivity index (χ0n) is 10.9. The van der Waals surface area contributed by atoms with Crippen LogP contribution in [0.1, 0.15) is 46.0 Å². The van der Waals surface area contributed by atoms with Crippen molar-refractivity contribution in [3.63, 3.8) is 0 Å². The van der Waals surface area contributed by atoms with Crippen LogP contribution in [0.25, 0.3) is 0 Å². The van der Waals surface area contributed by atoms with Crippen molar-refractivity contribution in [1.82, 2.24) is 10.4 Å². The van der Waals surface area contributed by atoms with E-state index in [9.17, 15) is 0 Å². The largest absolute Gasteiger partial charge is 0.383 e. The van der Waals surface area contributed by atoms with Gasteiger partial charge in [-0.25, -0.2) is 10.4 Å². The molecule has 2 aliphatic rings. The minimum atomic E-state index is 0.535. The van der Waals surface area contributed by atoms with Gasteiger partial charge in [0.15, 0.2) is 0 Å². The fraction of sp³-hybridized carbons (Fsp3) is 1.00. The van der Waals surface area contributed by atoms with Crippen molar-refractivity contribution in [3.8, 4) is 0 Å². The van der Waals surface area contributed by atoms with Gasteiger partial charge in [0.25, 0.3) is 0 Å². The maximum atomic E-state index is 5.33. The van der Waals surface area contributed by atoms with Gasteiger partial charge in [0.2, 0.25) is 0 Å². The van der Waals surface area contributed by atoms with Gasteiger partial charge in [-0.05, 0) is 45.4 Å². The molecule has 0 spiro atoms. The molecular weight excluding hydrogens is 200 g/mol. The lowest BCUT2D eigenvalue weighted by Gasteiger charge is -2.41. The van der Waals surface area contributed by atoms with Crippen molar-refractivity contribution in [1.29, 1.82) is 0 Å². The van der Waals surface area contributed by atoms with Crippen molar-refractivity contribution in [2.45, 2.75) is 64.1 Å². The Bertz CT molecular complexity index is 208. The molecule has 2 rings (SSSR count). The molecule has 0 aromatic heterocycles. The van der Waals surface area contributed by atoms with Crippen molar-refractivity contribution < 1.29 is 4.74 Å². The fourth-order valence-corrected chi connectivity index (χ4v) is 2.82. The molecule has 0 aromatic carbocycles. The summed E-state index contributed by atoms with van der Waals surface area (Å²) in [5.74, 6) is 0.848. The SMILES string of the molecule is COCC(NN1C(C)CCCC1C)C1CC1. The highest BCUT2D eigenvalue weighted by Gasteiger charge is 2.34. The zero-order chi connectivity index (χ0) is 11.5. The van der Waals surface area contributed by atoms with E-state index in [0.717, 1.165) is 12.5 Å². The van der Waals surface area contributed by atoms with Crippen LogP contribution in [-0.4, -0.2) is 36.9 Å². The van der Waals surface area contributed by atoms with Crippen LogP contribution in [0, 0.1) is 5.92 Å². The first-order valence-corrected chi connectivity index (χ1v) is 6.75. The van der Waals surface area contributed by atoms with Gasteiger partial charge in [-0.2, -0.15) is 0 Å². The van der Waals surface area contributed by atoms with E-state index >= 15 is 0 Å². The summed E-state index contributed by atoms with van der Waals surface area (Å²) in [4.78, 5) is 0. The molecule has 1 N–H and O–H groups in total. The van der Waals surface area contributed by atoms with E-state index in [1.807, 2.05) is 0 Å². The fourth-order valence-electron chi connectivity index (χ4n) is 2.82. The van der Waals surface area contributed by atoms with Crippen molar-refractivity contribution >= 4 is 0 Å². The van der Waals surface area contributed by atoms with Crippen LogP contribution >= 0.6 is 0 Å². The molecule has 3 nitrogen and oxygen atoms in total. The third-order valence-electron chi connectivity index (χ3n) is 4.05. The summed E-state index contributed by atoms with van der Waals surface area (Å²) in [7, 11) is 1.81. The summed E-state index contributed by atoms with van der Waals surface area (Å²) in [6, 6.07) is 1.87. The number of nitrogens with one attached hydrogen (secondary N) is 1. The molecule has 1 saturated carbocycles. The van der Waals surface area contributed by atoms with E-state index in [1.54, 1.807) is 7.11 Å². The smallest absolute Gasteiger partial charge is 0.0632 e. The Balaban J connectivity index is 1.88. The van der Waals surface area contributed by atoms with Crippen molar-refractivity contribution in [3.05, 3.63) is 0 Å². The van der Waals surface area contributed by atoms with Gasteiger partial charge in [0.05, 0.1) is 6.61 Å². The molecule has 2 fully saturated rings. The summed E-state index contributed by atoms with van der Waals surface area (Å²) in [5, 5.41) is 2.48. The summed E-state index contributed by atoms with van der Waals surface area (Å²) in [5.41, 5.74) is 3.73. The topological polar surface area (TPSA) is 24.5 Å². The number of methoxy groups -OCH3 is 1. The molecule has 0 bridgehead atoms. The molecule has 3 atom stereocenters. The molecular formula is C13H26N2O. The molecule has 1 heterocycles. The highest BCUT2D eigenvalue weighted by Crippen LogP contribution is 2.33. The Kier molecular flexibility index (Phi) is 4.22. The average Bonchev–Trinajstić information content (AvgIpc) is 3.06. The van der Waals surface area contributed by atoms with E-state index in [2.05, 4.69) is 24.3 Å². The molecule has 3 heteroatoms. The third kappa shape index (κ3) is 2.96. The molecule has 94 valence electrons. The normalized spacial score (nSPS) is 33.9. The van der Waals surface area contributed by atoms with Gasteiger partial charge < -0.3 is 4.74 Å². The summed E-state index contributed by atoms with van der Waals surface area (Å²) in [6.07, 6.45) is 6.76. The lowest BCUT2D eigenvalue weighted by atomic mass is 9.99. The predicted molar refractivity (Wildman–Crippen MR) is 66.1 cm³/mol. The Morgan fingerprint density at radius 1 is 1.19 bits per heavy atom. The Labute approximate surface area is 99.5 Å². The van der Waals surface area contributed by atoms with E-state index < -0.39 is 0 Å². The Morgan fingerprint density at radius 2 is 1.81 bits per heavy atom. The molecule has 1 saturated heterocycles. The quantitative estimate of drug-likeness (QED) is 0.777. The molecule has 3 unspecified atom stereocenters. The van der Waals surface area contributed by atoms with E-state index in [-0.39, 0.29) is 0 Å². The number of nitrogens with zero attached hydrogens (tertiary/aromatic N) is 1. The minimum Gasteiger partial charge on any atom is -0.383 e. The van der Waals surface area contributed by atoms with Gasteiger partial charge >= 0.3 is 0 Å². The van der Waals surface area contributed by atoms with Crippen LogP contribution in [0.15, 0.2) is 0 Å². The average molecular weight is 226 g/mol. The van der Waals surface area contributed by atoms with Crippen LogP contribution in [0.2, 0.25) is 0 Å². The predicted octanol–water partition coefficient (Wildman–Crippen LogP) is 2.18. The standard InChI is InChI=1S/C13H26N2O/c1-10-5-4-6-11(2)15(10)14-13(9-16-3)12-7-8-12/h10-14H,4-9H2,1-3H3. The first kappa shape index (κ1) is 12.3. The number of piperidine rings is 1. The number of hydrogen-bond donors (Lipinski definition) is 1.